The molecule has 4 rings (SSSR count). The molecule has 0 saturated carbocycles. The van der Waals surface area contributed by atoms with Gasteiger partial charge in [0.1, 0.15) is 5.75 Å². The molecule has 0 aliphatic carbocycles. The molecule has 0 bridgehead atoms. The number of methoxy groups -OCH3 is 1. The number of carbonyl (C=O) groups excluding carboxylic acids is 1. The largest absolute Gasteiger partial charge is 0.496 e. The number of benzene rings is 2. The number of anilines is 2. The molecule has 0 N–H and O–H groups in total. The number of rotatable bonds is 4. The standard InChI is InChI=1S/C21H22N2O4/c1-5-23-17-11-20-19(26-12-27-20)10-15(17)16(21(23)24)8-13-6-7-14(22(2)3)9-18(13)25-4/h6-11H,5,12H2,1-4H3/b16-8-. The Kier molecular flexibility index (Phi) is 4.18. The first-order valence-corrected chi connectivity index (χ1v) is 8.86. The van der Waals surface area contributed by atoms with E-state index in [1.807, 2.05) is 62.3 Å². The van der Waals surface area contributed by atoms with Crippen LogP contribution in [0.15, 0.2) is 30.3 Å². The summed E-state index contributed by atoms with van der Waals surface area (Å²) in [5.41, 5.74) is 4.21. The summed E-state index contributed by atoms with van der Waals surface area (Å²) >= 11 is 0. The Labute approximate surface area is 158 Å². The van der Waals surface area contributed by atoms with Crippen molar-refractivity contribution in [3.8, 4) is 17.2 Å². The summed E-state index contributed by atoms with van der Waals surface area (Å²) in [6.45, 7) is 2.75. The van der Waals surface area contributed by atoms with Gasteiger partial charge in [-0.2, -0.15) is 0 Å². The first kappa shape index (κ1) is 17.3. The normalized spacial score (nSPS) is 16.1. The van der Waals surface area contributed by atoms with E-state index in [0.29, 0.717) is 23.6 Å². The Morgan fingerprint density at radius 2 is 1.93 bits per heavy atom. The summed E-state index contributed by atoms with van der Waals surface area (Å²) in [6.07, 6.45) is 1.89. The van der Waals surface area contributed by atoms with Crippen LogP contribution in [-0.2, 0) is 4.79 Å². The zero-order chi connectivity index (χ0) is 19.1. The van der Waals surface area contributed by atoms with E-state index in [4.69, 9.17) is 14.2 Å². The van der Waals surface area contributed by atoms with E-state index in [1.165, 1.54) is 0 Å². The van der Waals surface area contributed by atoms with Crippen molar-refractivity contribution < 1.29 is 19.0 Å². The monoisotopic (exact) mass is 366 g/mol. The Morgan fingerprint density at radius 3 is 2.59 bits per heavy atom. The fourth-order valence-electron chi connectivity index (χ4n) is 3.45. The molecule has 0 radical (unpaired) electrons. The first-order chi connectivity index (χ1) is 13.0. The summed E-state index contributed by atoms with van der Waals surface area (Å²) in [4.78, 5) is 16.8. The minimum absolute atomic E-state index is 0.0325. The highest BCUT2D eigenvalue weighted by Crippen LogP contribution is 2.46. The number of amides is 1. The molecule has 0 fully saturated rings. The van der Waals surface area contributed by atoms with Crippen LogP contribution in [0.4, 0.5) is 11.4 Å². The van der Waals surface area contributed by atoms with E-state index in [0.717, 1.165) is 28.3 Å². The Hall–Kier alpha value is -3.15. The molecule has 2 heterocycles. The molecule has 6 nitrogen and oxygen atoms in total. The van der Waals surface area contributed by atoms with Gasteiger partial charge in [-0.15, -0.1) is 0 Å². The minimum atomic E-state index is -0.0325. The van der Waals surface area contributed by atoms with Crippen LogP contribution in [0, 0.1) is 0 Å². The third kappa shape index (κ3) is 2.77. The van der Waals surface area contributed by atoms with E-state index < -0.39 is 0 Å². The van der Waals surface area contributed by atoms with Crippen LogP contribution in [0.25, 0.3) is 11.6 Å². The fourth-order valence-corrected chi connectivity index (χ4v) is 3.45. The predicted octanol–water partition coefficient (Wildman–Crippen LogP) is 3.40. The van der Waals surface area contributed by atoms with E-state index in [1.54, 1.807) is 12.0 Å². The zero-order valence-electron chi connectivity index (χ0n) is 15.9. The molecule has 6 heteroatoms. The number of fused-ring (bicyclic) bond motifs is 2. The average Bonchev–Trinajstić information content (AvgIpc) is 3.22. The van der Waals surface area contributed by atoms with Gasteiger partial charge in [0.2, 0.25) is 6.79 Å². The van der Waals surface area contributed by atoms with Crippen molar-refractivity contribution in [2.45, 2.75) is 6.92 Å². The molecular weight excluding hydrogens is 344 g/mol. The van der Waals surface area contributed by atoms with Gasteiger partial charge >= 0.3 is 0 Å². The van der Waals surface area contributed by atoms with Crippen molar-refractivity contribution in [3.05, 3.63) is 41.5 Å². The molecule has 140 valence electrons. The lowest BCUT2D eigenvalue weighted by Gasteiger charge is -2.15. The SMILES string of the molecule is CCN1C(=O)/C(=C\c2ccc(N(C)C)cc2OC)c2cc3c(cc21)OCO3. The summed E-state index contributed by atoms with van der Waals surface area (Å²) in [5.74, 6) is 2.03. The van der Waals surface area contributed by atoms with E-state index in [-0.39, 0.29) is 12.7 Å². The molecule has 1 amide bonds. The van der Waals surface area contributed by atoms with Gasteiger partial charge in [-0.05, 0) is 31.2 Å². The van der Waals surface area contributed by atoms with Gasteiger partial charge in [0.25, 0.3) is 5.91 Å². The van der Waals surface area contributed by atoms with Gasteiger partial charge in [-0.1, -0.05) is 0 Å². The highest BCUT2D eigenvalue weighted by Gasteiger charge is 2.34. The highest BCUT2D eigenvalue weighted by molar-refractivity contribution is 6.36. The molecule has 0 spiro atoms. The summed E-state index contributed by atoms with van der Waals surface area (Å²) < 4.78 is 16.5. The van der Waals surface area contributed by atoms with Gasteiger partial charge in [0, 0.05) is 49.6 Å². The lowest BCUT2D eigenvalue weighted by atomic mass is 10.0. The summed E-state index contributed by atoms with van der Waals surface area (Å²) in [7, 11) is 5.59. The first-order valence-electron chi connectivity index (χ1n) is 8.86. The van der Waals surface area contributed by atoms with Crippen LogP contribution >= 0.6 is 0 Å². The fraction of sp³-hybridized carbons (Fsp3) is 0.286. The van der Waals surface area contributed by atoms with Crippen molar-refractivity contribution in [3.63, 3.8) is 0 Å². The molecule has 27 heavy (non-hydrogen) atoms. The predicted molar refractivity (Wildman–Crippen MR) is 106 cm³/mol. The molecule has 2 aromatic rings. The van der Waals surface area contributed by atoms with Crippen molar-refractivity contribution in [1.29, 1.82) is 0 Å². The Balaban J connectivity index is 1.84. The maximum Gasteiger partial charge on any atom is 0.258 e. The number of likely N-dealkylation sites (N-methyl/N-ethyl adjacent to an activating group) is 1. The molecule has 2 aromatic carbocycles. The number of hydrogen-bond donors (Lipinski definition) is 0. The highest BCUT2D eigenvalue weighted by atomic mass is 16.7. The van der Waals surface area contributed by atoms with Crippen molar-refractivity contribution in [1.82, 2.24) is 0 Å². The lowest BCUT2D eigenvalue weighted by molar-refractivity contribution is -0.112. The van der Waals surface area contributed by atoms with Crippen LogP contribution in [0.5, 0.6) is 17.2 Å². The van der Waals surface area contributed by atoms with Gasteiger partial charge in [-0.25, -0.2) is 0 Å². The molecule has 2 aliphatic heterocycles. The van der Waals surface area contributed by atoms with Crippen LogP contribution in [0.2, 0.25) is 0 Å². The molecule has 0 atom stereocenters. The second-order valence-corrected chi connectivity index (χ2v) is 6.65. The molecular formula is C21H22N2O4. The maximum atomic E-state index is 13.0. The third-order valence-corrected chi connectivity index (χ3v) is 4.90. The maximum absolute atomic E-state index is 13.0. The van der Waals surface area contributed by atoms with Crippen LogP contribution in [0.1, 0.15) is 18.1 Å². The smallest absolute Gasteiger partial charge is 0.258 e. The topological polar surface area (TPSA) is 51.2 Å². The quantitative estimate of drug-likeness (QED) is 0.777. The van der Waals surface area contributed by atoms with E-state index in [9.17, 15) is 4.79 Å². The van der Waals surface area contributed by atoms with Gasteiger partial charge < -0.3 is 24.0 Å². The molecule has 0 unspecified atom stereocenters. The summed E-state index contributed by atoms with van der Waals surface area (Å²) in [5, 5.41) is 0. The second kappa shape index (κ2) is 6.54. The Bertz CT molecular complexity index is 949. The van der Waals surface area contributed by atoms with Crippen LogP contribution < -0.4 is 24.0 Å². The van der Waals surface area contributed by atoms with Gasteiger partial charge in [0.15, 0.2) is 11.5 Å². The molecule has 0 aromatic heterocycles. The number of ether oxygens (including phenoxy) is 3. The third-order valence-electron chi connectivity index (χ3n) is 4.90. The number of carbonyl (C=O) groups is 1. The van der Waals surface area contributed by atoms with E-state index in [2.05, 4.69) is 0 Å². The second-order valence-electron chi connectivity index (χ2n) is 6.65. The van der Waals surface area contributed by atoms with Crippen molar-refractivity contribution >= 4 is 28.9 Å². The van der Waals surface area contributed by atoms with Crippen molar-refractivity contribution in [2.75, 3.05) is 44.3 Å². The molecule has 0 saturated heterocycles. The minimum Gasteiger partial charge on any atom is -0.496 e. The van der Waals surface area contributed by atoms with Crippen LogP contribution in [-0.4, -0.2) is 40.5 Å². The zero-order valence-corrected chi connectivity index (χ0v) is 15.9. The lowest BCUT2D eigenvalue weighted by Crippen LogP contribution is -2.25. The Morgan fingerprint density at radius 1 is 1.19 bits per heavy atom. The summed E-state index contributed by atoms with van der Waals surface area (Å²) in [6, 6.07) is 9.70. The molecule has 2 aliphatic rings. The van der Waals surface area contributed by atoms with Gasteiger partial charge in [0.05, 0.1) is 18.4 Å². The van der Waals surface area contributed by atoms with Crippen molar-refractivity contribution in [2.24, 2.45) is 0 Å². The van der Waals surface area contributed by atoms with Gasteiger partial charge in [-0.3, -0.25) is 4.79 Å². The van der Waals surface area contributed by atoms with E-state index >= 15 is 0 Å². The number of hydrogen-bond acceptors (Lipinski definition) is 5. The van der Waals surface area contributed by atoms with Crippen LogP contribution in [0.3, 0.4) is 0 Å². The number of nitrogens with zero attached hydrogens (tertiary/aromatic N) is 2. The average molecular weight is 366 g/mol.